The number of aryl methyl sites for hydroxylation is 1. The monoisotopic (exact) mass is 263 g/mol. The molecule has 0 aliphatic heterocycles. The normalized spacial score (nSPS) is 16.3. The van der Waals surface area contributed by atoms with Gasteiger partial charge in [0.2, 0.25) is 0 Å². The van der Waals surface area contributed by atoms with E-state index in [1.54, 1.807) is 13.0 Å². The van der Waals surface area contributed by atoms with Crippen molar-refractivity contribution in [1.29, 1.82) is 0 Å². The van der Waals surface area contributed by atoms with Crippen molar-refractivity contribution in [1.82, 2.24) is 4.98 Å². The van der Waals surface area contributed by atoms with Crippen molar-refractivity contribution < 1.29 is 4.92 Å². The number of rotatable bonds is 5. The Hall–Kier alpha value is -1.65. The Labute approximate surface area is 113 Å². The maximum absolute atomic E-state index is 10.7. The molecule has 2 rings (SSSR count). The van der Waals surface area contributed by atoms with E-state index < -0.39 is 4.92 Å². The second-order valence-electron chi connectivity index (χ2n) is 5.28. The van der Waals surface area contributed by atoms with E-state index in [0.29, 0.717) is 5.69 Å². The van der Waals surface area contributed by atoms with Gasteiger partial charge in [-0.15, -0.1) is 0 Å². The smallest absolute Gasteiger partial charge is 0.290 e. The number of nitrogens with one attached hydrogen (secondary N) is 1. The molecule has 0 amide bonds. The van der Waals surface area contributed by atoms with Gasteiger partial charge in [0.15, 0.2) is 0 Å². The van der Waals surface area contributed by atoms with Crippen LogP contribution < -0.4 is 5.32 Å². The molecule has 1 N–H and O–H groups in total. The fourth-order valence-electron chi connectivity index (χ4n) is 2.73. The third-order valence-electron chi connectivity index (χ3n) is 3.84. The summed E-state index contributed by atoms with van der Waals surface area (Å²) in [6.45, 7) is 2.57. The lowest BCUT2D eigenvalue weighted by atomic mass is 9.87. The highest BCUT2D eigenvalue weighted by Crippen LogP contribution is 2.26. The molecular weight excluding hydrogens is 242 g/mol. The zero-order valence-electron chi connectivity index (χ0n) is 11.4. The van der Waals surface area contributed by atoms with Crippen molar-refractivity contribution in [2.24, 2.45) is 5.92 Å². The molecule has 0 unspecified atom stereocenters. The van der Waals surface area contributed by atoms with Gasteiger partial charge in [-0.3, -0.25) is 10.1 Å². The molecular formula is C14H21N3O2. The maximum Gasteiger partial charge on any atom is 0.290 e. The Morgan fingerprint density at radius 2 is 2.11 bits per heavy atom. The summed E-state index contributed by atoms with van der Waals surface area (Å²) in [5, 5.41) is 14.0. The number of nitro groups is 1. The Balaban J connectivity index is 1.82. The maximum atomic E-state index is 10.7. The number of aromatic nitrogens is 1. The first-order valence-corrected chi connectivity index (χ1v) is 7.02. The fourth-order valence-corrected chi connectivity index (χ4v) is 2.73. The summed E-state index contributed by atoms with van der Waals surface area (Å²) in [7, 11) is 0. The molecule has 0 spiro atoms. The topological polar surface area (TPSA) is 68.1 Å². The first-order chi connectivity index (χ1) is 9.16. The minimum atomic E-state index is -0.395. The lowest BCUT2D eigenvalue weighted by Gasteiger charge is -2.21. The molecule has 0 bridgehead atoms. The summed E-state index contributed by atoms with van der Waals surface area (Å²) in [6, 6.07) is 3.21. The number of nitrogens with zero attached hydrogens (tertiary/aromatic N) is 2. The molecule has 1 aliphatic carbocycles. The van der Waals surface area contributed by atoms with Gasteiger partial charge in [-0.1, -0.05) is 32.1 Å². The van der Waals surface area contributed by atoms with Crippen LogP contribution in [-0.4, -0.2) is 16.5 Å². The van der Waals surface area contributed by atoms with Gasteiger partial charge in [0, 0.05) is 12.6 Å². The number of pyridine rings is 1. The molecule has 1 heterocycles. The second kappa shape index (κ2) is 6.50. The van der Waals surface area contributed by atoms with Crippen molar-refractivity contribution in [3.05, 3.63) is 27.9 Å². The molecule has 1 aromatic heterocycles. The number of hydrogen-bond acceptors (Lipinski definition) is 4. The first-order valence-electron chi connectivity index (χ1n) is 7.02. The van der Waals surface area contributed by atoms with E-state index in [1.165, 1.54) is 38.2 Å². The zero-order chi connectivity index (χ0) is 13.7. The van der Waals surface area contributed by atoms with Crippen LogP contribution in [0.25, 0.3) is 0 Å². The number of anilines is 1. The van der Waals surface area contributed by atoms with Crippen LogP contribution in [0, 0.1) is 23.0 Å². The quantitative estimate of drug-likeness (QED) is 0.650. The van der Waals surface area contributed by atoms with E-state index in [-0.39, 0.29) is 5.69 Å². The van der Waals surface area contributed by atoms with Gasteiger partial charge < -0.3 is 5.32 Å². The van der Waals surface area contributed by atoms with Crippen molar-refractivity contribution in [3.8, 4) is 0 Å². The molecule has 104 valence electrons. The van der Waals surface area contributed by atoms with E-state index in [2.05, 4.69) is 10.3 Å². The highest BCUT2D eigenvalue weighted by Gasteiger charge is 2.14. The summed E-state index contributed by atoms with van der Waals surface area (Å²) in [5.74, 6) is 1.57. The van der Waals surface area contributed by atoms with Crippen LogP contribution >= 0.6 is 0 Å². The molecule has 5 nitrogen and oxygen atoms in total. The average Bonchev–Trinajstić information content (AvgIpc) is 2.39. The number of hydrogen-bond donors (Lipinski definition) is 1. The lowest BCUT2D eigenvalue weighted by Crippen LogP contribution is -2.13. The second-order valence-corrected chi connectivity index (χ2v) is 5.28. The molecule has 19 heavy (non-hydrogen) atoms. The molecule has 0 radical (unpaired) electrons. The molecule has 0 atom stereocenters. The Morgan fingerprint density at radius 1 is 1.37 bits per heavy atom. The van der Waals surface area contributed by atoms with Gasteiger partial charge in [-0.05, 0) is 25.3 Å². The van der Waals surface area contributed by atoms with Crippen LogP contribution in [0.1, 0.15) is 44.2 Å². The molecule has 1 saturated carbocycles. The minimum absolute atomic E-state index is 0.0813. The van der Waals surface area contributed by atoms with Crippen LogP contribution in [0.15, 0.2) is 12.1 Å². The van der Waals surface area contributed by atoms with Crippen LogP contribution in [-0.2, 0) is 0 Å². The van der Waals surface area contributed by atoms with Gasteiger partial charge in [-0.25, -0.2) is 4.98 Å². The van der Waals surface area contributed by atoms with Gasteiger partial charge in [-0.2, -0.15) is 0 Å². The van der Waals surface area contributed by atoms with Crippen molar-refractivity contribution >= 4 is 11.5 Å². The highest BCUT2D eigenvalue weighted by atomic mass is 16.6. The molecule has 0 saturated heterocycles. The van der Waals surface area contributed by atoms with Crippen molar-refractivity contribution in [2.75, 3.05) is 11.9 Å². The highest BCUT2D eigenvalue weighted by molar-refractivity contribution is 5.44. The molecule has 1 fully saturated rings. The lowest BCUT2D eigenvalue weighted by molar-refractivity contribution is -0.385. The van der Waals surface area contributed by atoms with E-state index in [4.69, 9.17) is 0 Å². The van der Waals surface area contributed by atoms with E-state index in [9.17, 15) is 10.1 Å². The first kappa shape index (κ1) is 13.8. The van der Waals surface area contributed by atoms with Gasteiger partial charge in [0.05, 0.1) is 4.92 Å². The van der Waals surface area contributed by atoms with Crippen LogP contribution in [0.5, 0.6) is 0 Å². The Kier molecular flexibility index (Phi) is 4.71. The zero-order valence-corrected chi connectivity index (χ0v) is 11.4. The summed E-state index contributed by atoms with van der Waals surface area (Å²) < 4.78 is 0. The molecule has 1 aliphatic rings. The predicted molar refractivity (Wildman–Crippen MR) is 75.3 cm³/mol. The summed E-state index contributed by atoms with van der Waals surface area (Å²) in [4.78, 5) is 14.5. The van der Waals surface area contributed by atoms with Crippen molar-refractivity contribution in [2.45, 2.75) is 45.4 Å². The third kappa shape index (κ3) is 3.91. The van der Waals surface area contributed by atoms with E-state index in [1.807, 2.05) is 0 Å². The summed E-state index contributed by atoms with van der Waals surface area (Å²) in [5.41, 5.74) is 0.547. The molecule has 1 aromatic rings. The van der Waals surface area contributed by atoms with Gasteiger partial charge >= 0.3 is 0 Å². The van der Waals surface area contributed by atoms with Gasteiger partial charge in [0.1, 0.15) is 11.5 Å². The standard InChI is InChI=1S/C14H21N3O2/c1-11-13(17(18)19)7-8-14(16-11)15-10-9-12-5-3-2-4-6-12/h7-8,12H,2-6,9-10H2,1H3,(H,15,16). The van der Waals surface area contributed by atoms with Crippen LogP contribution in [0.4, 0.5) is 11.5 Å². The summed E-state index contributed by atoms with van der Waals surface area (Å²) in [6.07, 6.45) is 7.95. The Morgan fingerprint density at radius 3 is 2.74 bits per heavy atom. The molecule has 0 aromatic carbocycles. The van der Waals surface area contributed by atoms with E-state index >= 15 is 0 Å². The van der Waals surface area contributed by atoms with Crippen LogP contribution in [0.2, 0.25) is 0 Å². The average molecular weight is 263 g/mol. The van der Waals surface area contributed by atoms with E-state index in [0.717, 1.165) is 24.7 Å². The minimum Gasteiger partial charge on any atom is -0.370 e. The van der Waals surface area contributed by atoms with Crippen LogP contribution in [0.3, 0.4) is 0 Å². The Bertz CT molecular complexity index is 442. The van der Waals surface area contributed by atoms with Crippen molar-refractivity contribution in [3.63, 3.8) is 0 Å². The fraction of sp³-hybridized carbons (Fsp3) is 0.643. The molecule has 5 heteroatoms. The van der Waals surface area contributed by atoms with Gasteiger partial charge in [0.25, 0.3) is 5.69 Å². The summed E-state index contributed by atoms with van der Waals surface area (Å²) >= 11 is 0. The predicted octanol–water partition coefficient (Wildman–Crippen LogP) is 3.68. The third-order valence-corrected chi connectivity index (χ3v) is 3.84. The largest absolute Gasteiger partial charge is 0.370 e. The SMILES string of the molecule is Cc1nc(NCCC2CCCCC2)ccc1[N+](=O)[O-].